The molecule has 2 aliphatic carbocycles. The van der Waals surface area contributed by atoms with Crippen LogP contribution in [0.3, 0.4) is 0 Å². The molecule has 1 heterocycles. The summed E-state index contributed by atoms with van der Waals surface area (Å²) < 4.78 is 5.48. The topological polar surface area (TPSA) is 26.3 Å². The summed E-state index contributed by atoms with van der Waals surface area (Å²) in [7, 11) is 0. The van der Waals surface area contributed by atoms with Gasteiger partial charge in [0.1, 0.15) is 0 Å². The largest absolute Gasteiger partial charge is 0.490 e. The molecule has 1 fully saturated rings. The third-order valence-electron chi connectivity index (χ3n) is 3.65. The maximum atomic E-state index is 11.8. The van der Waals surface area contributed by atoms with Crippen molar-refractivity contribution >= 4 is 5.78 Å². The third-order valence-corrected chi connectivity index (χ3v) is 3.65. The SMILES string of the molecule is O=C1C2=C(CCCO2)[C@H]2CCC[C@@H]12. The lowest BCUT2D eigenvalue weighted by atomic mass is 9.92. The van der Waals surface area contributed by atoms with Crippen molar-refractivity contribution in [1.29, 1.82) is 0 Å². The molecule has 1 saturated carbocycles. The highest BCUT2D eigenvalue weighted by Gasteiger charge is 2.45. The van der Waals surface area contributed by atoms with E-state index in [0.29, 0.717) is 17.6 Å². The molecule has 70 valence electrons. The highest BCUT2D eigenvalue weighted by Crippen LogP contribution is 2.48. The molecule has 13 heavy (non-hydrogen) atoms. The zero-order valence-electron chi connectivity index (χ0n) is 7.71. The second-order valence-corrected chi connectivity index (χ2v) is 4.31. The van der Waals surface area contributed by atoms with Crippen molar-refractivity contribution in [3.8, 4) is 0 Å². The van der Waals surface area contributed by atoms with Crippen LogP contribution in [0, 0.1) is 11.8 Å². The molecule has 0 amide bonds. The normalized spacial score (nSPS) is 37.4. The first-order valence-electron chi connectivity index (χ1n) is 5.28. The van der Waals surface area contributed by atoms with E-state index in [1.54, 1.807) is 0 Å². The molecule has 0 radical (unpaired) electrons. The summed E-state index contributed by atoms with van der Waals surface area (Å²) in [6.07, 6.45) is 5.77. The van der Waals surface area contributed by atoms with Crippen molar-refractivity contribution in [2.75, 3.05) is 6.61 Å². The van der Waals surface area contributed by atoms with Crippen LogP contribution >= 0.6 is 0 Å². The Bertz CT molecular complexity index is 290. The number of carbonyl (C=O) groups excluding carboxylic acids is 1. The monoisotopic (exact) mass is 178 g/mol. The Labute approximate surface area is 78.0 Å². The molecule has 0 aromatic carbocycles. The zero-order chi connectivity index (χ0) is 8.84. The highest BCUT2D eigenvalue weighted by molar-refractivity contribution is 5.99. The Balaban J connectivity index is 2.01. The summed E-state index contributed by atoms with van der Waals surface area (Å²) in [5, 5.41) is 0. The number of carbonyl (C=O) groups is 1. The van der Waals surface area contributed by atoms with E-state index in [0.717, 1.165) is 31.6 Å². The Kier molecular flexibility index (Phi) is 1.52. The molecule has 2 nitrogen and oxygen atoms in total. The van der Waals surface area contributed by atoms with Crippen molar-refractivity contribution < 1.29 is 9.53 Å². The average molecular weight is 178 g/mol. The van der Waals surface area contributed by atoms with Gasteiger partial charge in [0, 0.05) is 5.92 Å². The second kappa shape index (κ2) is 2.60. The van der Waals surface area contributed by atoms with Crippen molar-refractivity contribution in [3.63, 3.8) is 0 Å². The fraction of sp³-hybridized carbons (Fsp3) is 0.727. The molecule has 0 N–H and O–H groups in total. The predicted molar refractivity (Wildman–Crippen MR) is 48.1 cm³/mol. The van der Waals surface area contributed by atoms with Crippen LogP contribution < -0.4 is 0 Å². The molecule has 2 atom stereocenters. The summed E-state index contributed by atoms with van der Waals surface area (Å²) >= 11 is 0. The van der Waals surface area contributed by atoms with Crippen LogP contribution in [0.15, 0.2) is 11.3 Å². The van der Waals surface area contributed by atoms with E-state index in [1.807, 2.05) is 0 Å². The van der Waals surface area contributed by atoms with Gasteiger partial charge in [0.15, 0.2) is 5.76 Å². The first-order chi connectivity index (χ1) is 6.38. The smallest absolute Gasteiger partial charge is 0.200 e. The van der Waals surface area contributed by atoms with Gasteiger partial charge in [-0.05, 0) is 37.2 Å². The molecule has 0 spiro atoms. The van der Waals surface area contributed by atoms with Crippen LogP contribution in [0.25, 0.3) is 0 Å². The van der Waals surface area contributed by atoms with Crippen LogP contribution in [0.4, 0.5) is 0 Å². The van der Waals surface area contributed by atoms with Crippen LogP contribution in [-0.2, 0) is 9.53 Å². The molecule has 0 unspecified atom stereocenters. The standard InChI is InChI=1S/C11H14O2/c12-10-8-4-1-3-7(8)9-5-2-6-13-11(9)10/h7-8H,1-6H2/t7-,8+/m0/s1. The Hall–Kier alpha value is -0.790. The highest BCUT2D eigenvalue weighted by atomic mass is 16.5. The van der Waals surface area contributed by atoms with E-state index < -0.39 is 0 Å². The Morgan fingerprint density at radius 1 is 1.15 bits per heavy atom. The zero-order valence-corrected chi connectivity index (χ0v) is 7.71. The van der Waals surface area contributed by atoms with Crippen LogP contribution in [0.2, 0.25) is 0 Å². The van der Waals surface area contributed by atoms with Gasteiger partial charge in [0.25, 0.3) is 0 Å². The summed E-state index contributed by atoms with van der Waals surface area (Å²) in [6.45, 7) is 0.754. The lowest BCUT2D eigenvalue weighted by Crippen LogP contribution is -2.12. The van der Waals surface area contributed by atoms with Crippen LogP contribution in [0.5, 0.6) is 0 Å². The summed E-state index contributed by atoms with van der Waals surface area (Å²) in [5.74, 6) is 1.96. The number of hydrogen-bond donors (Lipinski definition) is 0. The van der Waals surface area contributed by atoms with Gasteiger partial charge in [-0.3, -0.25) is 4.79 Å². The number of rotatable bonds is 0. The third kappa shape index (κ3) is 0.917. The van der Waals surface area contributed by atoms with Crippen molar-refractivity contribution in [1.82, 2.24) is 0 Å². The minimum absolute atomic E-state index is 0.308. The molecule has 0 bridgehead atoms. The van der Waals surface area contributed by atoms with Gasteiger partial charge in [-0.15, -0.1) is 0 Å². The van der Waals surface area contributed by atoms with Gasteiger partial charge in [0.2, 0.25) is 5.78 Å². The molecule has 3 rings (SSSR count). The minimum Gasteiger partial charge on any atom is -0.490 e. The van der Waals surface area contributed by atoms with Crippen molar-refractivity contribution in [3.05, 3.63) is 11.3 Å². The fourth-order valence-electron chi connectivity index (χ4n) is 3.09. The first kappa shape index (κ1) is 7.60. The van der Waals surface area contributed by atoms with Gasteiger partial charge in [0.05, 0.1) is 6.61 Å². The van der Waals surface area contributed by atoms with Gasteiger partial charge in [-0.1, -0.05) is 6.42 Å². The lowest BCUT2D eigenvalue weighted by molar-refractivity contribution is -0.121. The second-order valence-electron chi connectivity index (χ2n) is 4.31. The van der Waals surface area contributed by atoms with E-state index in [1.165, 1.54) is 18.4 Å². The van der Waals surface area contributed by atoms with E-state index in [9.17, 15) is 4.79 Å². The van der Waals surface area contributed by atoms with Gasteiger partial charge in [-0.25, -0.2) is 0 Å². The van der Waals surface area contributed by atoms with Gasteiger partial charge >= 0.3 is 0 Å². The maximum absolute atomic E-state index is 11.8. The Morgan fingerprint density at radius 2 is 2.00 bits per heavy atom. The van der Waals surface area contributed by atoms with E-state index in [2.05, 4.69) is 0 Å². The molecule has 3 aliphatic rings. The van der Waals surface area contributed by atoms with Gasteiger partial charge < -0.3 is 4.74 Å². The van der Waals surface area contributed by atoms with Crippen molar-refractivity contribution in [2.45, 2.75) is 32.1 Å². The molecule has 0 saturated heterocycles. The minimum atomic E-state index is 0.308. The maximum Gasteiger partial charge on any atom is 0.200 e. The van der Waals surface area contributed by atoms with Crippen molar-refractivity contribution in [2.24, 2.45) is 11.8 Å². The lowest BCUT2D eigenvalue weighted by Gasteiger charge is -2.17. The summed E-state index contributed by atoms with van der Waals surface area (Å²) in [5.41, 5.74) is 1.36. The predicted octanol–water partition coefficient (Wildman–Crippen LogP) is 2.05. The van der Waals surface area contributed by atoms with E-state index in [-0.39, 0.29) is 0 Å². The van der Waals surface area contributed by atoms with Crippen LogP contribution in [-0.4, -0.2) is 12.4 Å². The first-order valence-corrected chi connectivity index (χ1v) is 5.28. The van der Waals surface area contributed by atoms with E-state index >= 15 is 0 Å². The number of hydrogen-bond acceptors (Lipinski definition) is 2. The quantitative estimate of drug-likeness (QED) is 0.567. The number of ether oxygens (including phenoxy) is 1. The summed E-state index contributed by atoms with van der Waals surface area (Å²) in [6, 6.07) is 0. The number of ketones is 1. The number of allylic oxidation sites excluding steroid dienone is 2. The van der Waals surface area contributed by atoms with Crippen LogP contribution in [0.1, 0.15) is 32.1 Å². The fourth-order valence-corrected chi connectivity index (χ4v) is 3.09. The molecule has 2 heteroatoms. The number of fused-ring (bicyclic) bond motifs is 2. The summed E-state index contributed by atoms with van der Waals surface area (Å²) in [4.78, 5) is 11.8. The average Bonchev–Trinajstić information content (AvgIpc) is 2.72. The number of Topliss-reactive ketones (excluding diaryl/α,β-unsaturated/α-hetero) is 1. The molecular formula is C11H14O2. The van der Waals surface area contributed by atoms with Gasteiger partial charge in [-0.2, -0.15) is 0 Å². The molecule has 0 aromatic heterocycles. The molecule has 0 aromatic rings. The Morgan fingerprint density at radius 3 is 2.92 bits per heavy atom. The molecular weight excluding hydrogens is 164 g/mol. The molecule has 1 aliphatic heterocycles. The van der Waals surface area contributed by atoms with E-state index in [4.69, 9.17) is 4.74 Å².